The molecule has 0 amide bonds. The van der Waals surface area contributed by atoms with E-state index in [9.17, 15) is 0 Å². The van der Waals surface area contributed by atoms with E-state index in [4.69, 9.17) is 4.98 Å². The van der Waals surface area contributed by atoms with Crippen molar-refractivity contribution in [3.63, 3.8) is 0 Å². The summed E-state index contributed by atoms with van der Waals surface area (Å²) in [5.74, 6) is 0.968. The number of benzene rings is 2. The molecule has 2 nitrogen and oxygen atoms in total. The number of nitrogens with zero attached hydrogens (tertiary/aromatic N) is 2. The van der Waals surface area contributed by atoms with Crippen molar-refractivity contribution in [2.75, 3.05) is 0 Å². The van der Waals surface area contributed by atoms with E-state index in [1.54, 1.807) is 0 Å². The van der Waals surface area contributed by atoms with Crippen molar-refractivity contribution >= 4 is 67.0 Å². The van der Waals surface area contributed by atoms with Crippen LogP contribution in [-0.2, 0) is 0 Å². The molecule has 102 valence electrons. The third-order valence-corrected chi connectivity index (χ3v) is 4.84. The van der Waals surface area contributed by atoms with E-state index in [0.717, 1.165) is 9.52 Å². The van der Waals surface area contributed by atoms with Crippen LogP contribution in [0.25, 0.3) is 27.6 Å². The number of fused-ring (bicyclic) bond motifs is 3. The van der Waals surface area contributed by atoms with Crippen LogP contribution in [0.1, 0.15) is 0 Å². The average molecular weight is 496 g/mol. The quantitative estimate of drug-likeness (QED) is 0.256. The summed E-state index contributed by atoms with van der Waals surface area (Å²) in [6.45, 7) is 0. The lowest BCUT2D eigenvalue weighted by atomic mass is 10.2. The maximum Gasteiger partial charge on any atom is 0.138 e. The molecule has 2 aromatic carbocycles. The standard InChI is InChI=1S/C17H10I2N2/c18-11-8-9-13-12-4-1-2-5-14(12)21(15(13)10-11)17-7-3-6-16(19)20-17/h1-10H. The summed E-state index contributed by atoms with van der Waals surface area (Å²) in [6, 6.07) is 21.2. The van der Waals surface area contributed by atoms with Crippen molar-refractivity contribution in [1.29, 1.82) is 0 Å². The Kier molecular flexibility index (Phi) is 3.37. The van der Waals surface area contributed by atoms with Crippen LogP contribution in [0.15, 0.2) is 60.7 Å². The Bertz CT molecular complexity index is 973. The van der Waals surface area contributed by atoms with Crippen molar-refractivity contribution in [2.24, 2.45) is 0 Å². The number of hydrogen-bond donors (Lipinski definition) is 0. The minimum absolute atomic E-state index is 0.968. The van der Waals surface area contributed by atoms with Gasteiger partial charge in [-0.05, 0) is 75.5 Å². The second-order valence-electron chi connectivity index (χ2n) is 4.83. The lowest BCUT2D eigenvalue weighted by molar-refractivity contribution is 1.06. The third kappa shape index (κ3) is 2.24. The minimum atomic E-state index is 0.968. The molecule has 0 bridgehead atoms. The third-order valence-electron chi connectivity index (χ3n) is 3.57. The molecule has 0 radical (unpaired) electrons. The highest BCUT2D eigenvalue weighted by atomic mass is 127. The zero-order chi connectivity index (χ0) is 14.4. The van der Waals surface area contributed by atoms with Crippen LogP contribution in [-0.4, -0.2) is 9.55 Å². The maximum atomic E-state index is 4.69. The van der Waals surface area contributed by atoms with Gasteiger partial charge in [0.05, 0.1) is 11.0 Å². The predicted molar refractivity (Wildman–Crippen MR) is 104 cm³/mol. The average Bonchev–Trinajstić information content (AvgIpc) is 2.80. The van der Waals surface area contributed by atoms with Gasteiger partial charge in [-0.25, -0.2) is 4.98 Å². The number of hydrogen-bond acceptors (Lipinski definition) is 1. The lowest BCUT2D eigenvalue weighted by Gasteiger charge is -2.07. The highest BCUT2D eigenvalue weighted by Crippen LogP contribution is 2.32. The summed E-state index contributed by atoms with van der Waals surface area (Å²) < 4.78 is 4.48. The van der Waals surface area contributed by atoms with Gasteiger partial charge < -0.3 is 0 Å². The highest BCUT2D eigenvalue weighted by molar-refractivity contribution is 14.1. The fourth-order valence-electron chi connectivity index (χ4n) is 2.71. The Balaban J connectivity index is 2.21. The van der Waals surface area contributed by atoms with Gasteiger partial charge in [0.2, 0.25) is 0 Å². The van der Waals surface area contributed by atoms with Gasteiger partial charge in [-0.1, -0.05) is 30.3 Å². The number of rotatable bonds is 1. The Labute approximate surface area is 149 Å². The molecular weight excluding hydrogens is 486 g/mol. The van der Waals surface area contributed by atoms with E-state index in [1.165, 1.54) is 25.4 Å². The van der Waals surface area contributed by atoms with Crippen LogP contribution < -0.4 is 0 Å². The van der Waals surface area contributed by atoms with E-state index >= 15 is 0 Å². The molecule has 4 aromatic rings. The van der Waals surface area contributed by atoms with Gasteiger partial charge in [-0.3, -0.25) is 4.57 Å². The molecule has 4 rings (SSSR count). The van der Waals surface area contributed by atoms with Crippen molar-refractivity contribution in [3.05, 3.63) is 67.9 Å². The smallest absolute Gasteiger partial charge is 0.138 e. The first-order valence-corrected chi connectivity index (χ1v) is 8.71. The monoisotopic (exact) mass is 496 g/mol. The predicted octanol–water partition coefficient (Wildman–Crippen LogP) is 5.39. The molecule has 0 spiro atoms. The summed E-state index contributed by atoms with van der Waals surface area (Å²) in [5, 5.41) is 2.54. The molecule has 0 aliphatic rings. The van der Waals surface area contributed by atoms with Crippen molar-refractivity contribution in [3.8, 4) is 5.82 Å². The van der Waals surface area contributed by atoms with Gasteiger partial charge in [0.15, 0.2) is 0 Å². The molecule has 0 unspecified atom stereocenters. The van der Waals surface area contributed by atoms with Crippen LogP contribution >= 0.6 is 45.2 Å². The Hall–Kier alpha value is -1.15. The molecule has 0 N–H and O–H groups in total. The molecule has 0 saturated heterocycles. The largest absolute Gasteiger partial charge is 0.294 e. The first kappa shape index (κ1) is 13.5. The van der Waals surface area contributed by atoms with Gasteiger partial charge in [0.25, 0.3) is 0 Å². The molecule has 21 heavy (non-hydrogen) atoms. The van der Waals surface area contributed by atoms with E-state index < -0.39 is 0 Å². The maximum absolute atomic E-state index is 4.69. The van der Waals surface area contributed by atoms with Crippen molar-refractivity contribution < 1.29 is 0 Å². The summed E-state index contributed by atoms with van der Waals surface area (Å²) in [4.78, 5) is 4.69. The highest BCUT2D eigenvalue weighted by Gasteiger charge is 2.12. The van der Waals surface area contributed by atoms with E-state index in [2.05, 4.69) is 104 Å². The fraction of sp³-hybridized carbons (Fsp3) is 0. The SMILES string of the molecule is Ic1ccc2c3ccccc3n(-c3cccc(I)n3)c2c1. The van der Waals surface area contributed by atoms with Gasteiger partial charge in [0.1, 0.15) is 9.52 Å². The van der Waals surface area contributed by atoms with Gasteiger partial charge in [-0.2, -0.15) is 0 Å². The Morgan fingerprint density at radius 2 is 1.57 bits per heavy atom. The van der Waals surface area contributed by atoms with Crippen molar-refractivity contribution in [1.82, 2.24) is 9.55 Å². The van der Waals surface area contributed by atoms with E-state index in [1.807, 2.05) is 6.07 Å². The van der Waals surface area contributed by atoms with Gasteiger partial charge >= 0.3 is 0 Å². The minimum Gasteiger partial charge on any atom is -0.294 e. The molecule has 4 heteroatoms. The molecule has 0 aliphatic carbocycles. The van der Waals surface area contributed by atoms with Gasteiger partial charge in [-0.15, -0.1) is 0 Å². The zero-order valence-electron chi connectivity index (χ0n) is 10.9. The van der Waals surface area contributed by atoms with Crippen LogP contribution in [0.4, 0.5) is 0 Å². The summed E-state index contributed by atoms with van der Waals surface area (Å²) in [6.07, 6.45) is 0. The Morgan fingerprint density at radius 1 is 0.762 bits per heavy atom. The number of para-hydroxylation sites is 1. The topological polar surface area (TPSA) is 17.8 Å². The Morgan fingerprint density at radius 3 is 2.43 bits per heavy atom. The van der Waals surface area contributed by atoms with Gasteiger partial charge in [0, 0.05) is 14.3 Å². The molecular formula is C17H10I2N2. The lowest BCUT2D eigenvalue weighted by Crippen LogP contribution is -1.98. The summed E-state index contributed by atoms with van der Waals surface area (Å²) in [5.41, 5.74) is 2.40. The van der Waals surface area contributed by atoms with Crippen LogP contribution in [0.5, 0.6) is 0 Å². The van der Waals surface area contributed by atoms with Crippen molar-refractivity contribution in [2.45, 2.75) is 0 Å². The second kappa shape index (κ2) is 5.24. The fourth-order valence-corrected chi connectivity index (χ4v) is 3.64. The van der Waals surface area contributed by atoms with E-state index in [-0.39, 0.29) is 0 Å². The van der Waals surface area contributed by atoms with Crippen LogP contribution in [0.2, 0.25) is 0 Å². The summed E-state index contributed by atoms with van der Waals surface area (Å²) >= 11 is 4.62. The second-order valence-corrected chi connectivity index (χ2v) is 7.18. The van der Waals surface area contributed by atoms with Crippen LogP contribution in [0.3, 0.4) is 0 Å². The first-order valence-electron chi connectivity index (χ1n) is 6.56. The number of halogens is 2. The molecule has 0 fully saturated rings. The first-order chi connectivity index (χ1) is 10.2. The van der Waals surface area contributed by atoms with E-state index in [0.29, 0.717) is 0 Å². The molecule has 0 aliphatic heterocycles. The number of pyridine rings is 1. The molecule has 2 heterocycles. The molecule has 2 aromatic heterocycles. The zero-order valence-corrected chi connectivity index (χ0v) is 15.2. The summed E-state index contributed by atoms with van der Waals surface area (Å²) in [7, 11) is 0. The molecule has 0 saturated carbocycles. The molecule has 0 atom stereocenters. The normalized spacial score (nSPS) is 11.3. The van der Waals surface area contributed by atoms with Crippen LogP contribution in [0, 0.1) is 7.27 Å². The number of aromatic nitrogens is 2.